The first kappa shape index (κ1) is 32.1. The third kappa shape index (κ3) is 7.57. The van der Waals surface area contributed by atoms with E-state index < -0.39 is 28.1 Å². The molecular formula is C31H42ClN3O6S. The second-order valence-corrected chi connectivity index (χ2v) is 13.6. The topological polar surface area (TPSA) is 116 Å². The molecule has 2 atom stereocenters. The Kier molecular flexibility index (Phi) is 11.1. The van der Waals surface area contributed by atoms with E-state index >= 15 is 0 Å². The number of anilines is 2. The average Bonchev–Trinajstić information content (AvgIpc) is 3.06. The van der Waals surface area contributed by atoms with E-state index in [4.69, 9.17) is 16.3 Å². The zero-order valence-electron chi connectivity index (χ0n) is 24.4. The highest BCUT2D eigenvalue weighted by Gasteiger charge is 2.41. The monoisotopic (exact) mass is 619 g/mol. The van der Waals surface area contributed by atoms with Gasteiger partial charge < -0.3 is 20.1 Å². The summed E-state index contributed by atoms with van der Waals surface area (Å²) in [6, 6.07) is 11.5. The SMILES string of the molecule is CCCCCOC(=O)N[C@H](CCc1cc2c(cc1Cl)N(c1ccccc1)C[C@@H](C1CCCCC1)N(C)S2(=O)=O)C(=O)O. The average molecular weight is 620 g/mol. The van der Waals surface area contributed by atoms with Crippen molar-refractivity contribution in [2.75, 3.05) is 25.1 Å². The Morgan fingerprint density at radius 3 is 2.50 bits per heavy atom. The number of benzene rings is 2. The molecule has 0 saturated heterocycles. The van der Waals surface area contributed by atoms with Gasteiger partial charge in [-0.1, -0.05) is 68.8 Å². The van der Waals surface area contributed by atoms with Crippen LogP contribution in [0.15, 0.2) is 47.4 Å². The number of aryl methyl sites for hydroxylation is 1. The molecule has 1 aliphatic heterocycles. The minimum Gasteiger partial charge on any atom is -0.480 e. The number of aliphatic carboxylic acids is 1. The Balaban J connectivity index is 1.63. The highest BCUT2D eigenvalue weighted by atomic mass is 35.5. The summed E-state index contributed by atoms with van der Waals surface area (Å²) < 4.78 is 34.9. The molecular weight excluding hydrogens is 578 g/mol. The first-order valence-corrected chi connectivity index (χ1v) is 16.7. The number of halogens is 1. The van der Waals surface area contributed by atoms with E-state index in [0.29, 0.717) is 29.2 Å². The number of carbonyl (C=O) groups is 2. The summed E-state index contributed by atoms with van der Waals surface area (Å²) in [5.41, 5.74) is 1.88. The highest BCUT2D eigenvalue weighted by Crippen LogP contribution is 2.42. The molecule has 9 nitrogen and oxygen atoms in total. The van der Waals surface area contributed by atoms with Gasteiger partial charge in [0, 0.05) is 30.3 Å². The normalized spacial score (nSPS) is 19.9. The number of amides is 1. The number of para-hydroxylation sites is 1. The van der Waals surface area contributed by atoms with Crippen LogP contribution in [0, 0.1) is 5.92 Å². The van der Waals surface area contributed by atoms with Crippen molar-refractivity contribution in [3.63, 3.8) is 0 Å². The maximum Gasteiger partial charge on any atom is 0.407 e. The van der Waals surface area contributed by atoms with Crippen molar-refractivity contribution in [3.05, 3.63) is 53.1 Å². The van der Waals surface area contributed by atoms with Gasteiger partial charge in [-0.2, -0.15) is 4.31 Å². The first-order chi connectivity index (χ1) is 20.1. The van der Waals surface area contributed by atoms with Gasteiger partial charge in [0.25, 0.3) is 0 Å². The third-order valence-corrected chi connectivity index (χ3v) is 10.7. The summed E-state index contributed by atoms with van der Waals surface area (Å²) in [7, 11) is -2.23. The van der Waals surface area contributed by atoms with E-state index in [1.807, 2.05) is 42.2 Å². The Hall–Kier alpha value is -2.82. The second-order valence-electron chi connectivity index (χ2n) is 11.3. The van der Waals surface area contributed by atoms with Crippen molar-refractivity contribution in [3.8, 4) is 0 Å². The molecule has 1 fully saturated rings. The number of sulfonamides is 1. The van der Waals surface area contributed by atoms with Crippen LogP contribution in [0.1, 0.15) is 70.3 Å². The van der Waals surface area contributed by atoms with Crippen molar-refractivity contribution < 1.29 is 27.9 Å². The number of hydrogen-bond acceptors (Lipinski definition) is 6. The number of unbranched alkanes of at least 4 members (excludes halogenated alkanes) is 2. The van der Waals surface area contributed by atoms with E-state index in [0.717, 1.165) is 44.2 Å². The molecule has 1 heterocycles. The summed E-state index contributed by atoms with van der Waals surface area (Å²) >= 11 is 6.75. The largest absolute Gasteiger partial charge is 0.480 e. The summed E-state index contributed by atoms with van der Waals surface area (Å²) in [5.74, 6) is -0.956. The Labute approximate surface area is 254 Å². The van der Waals surface area contributed by atoms with Crippen LogP contribution in [0.5, 0.6) is 0 Å². The van der Waals surface area contributed by atoms with Crippen molar-refractivity contribution in [2.45, 2.75) is 88.1 Å². The van der Waals surface area contributed by atoms with Crippen molar-refractivity contribution >= 4 is 45.1 Å². The lowest BCUT2D eigenvalue weighted by Crippen LogP contribution is -2.46. The maximum absolute atomic E-state index is 14.1. The number of carboxylic acids is 1. The highest BCUT2D eigenvalue weighted by molar-refractivity contribution is 7.89. The van der Waals surface area contributed by atoms with Crippen LogP contribution in [0.25, 0.3) is 0 Å². The lowest BCUT2D eigenvalue weighted by Gasteiger charge is -2.36. The van der Waals surface area contributed by atoms with Crippen LogP contribution in [0.3, 0.4) is 0 Å². The molecule has 2 aliphatic rings. The standard InChI is InChI=1S/C31H42ClN3O6S/c1-3-4-11-18-41-31(38)33-26(30(36)37)17-16-23-19-29-27(20-25(23)32)35(24-14-9-6-10-15-24)21-28(34(2)42(29,39)40)22-12-7-5-8-13-22/h6,9-10,14-15,19-20,22,26,28H,3-5,7-8,11-13,16-18,21H2,1-2H3,(H,33,38)(H,36,37)/t26-,28+/m1/s1. The molecule has 0 spiro atoms. The van der Waals surface area contributed by atoms with Crippen LogP contribution in [0.4, 0.5) is 16.2 Å². The van der Waals surface area contributed by atoms with Gasteiger partial charge in [0.05, 0.1) is 12.3 Å². The fourth-order valence-electron chi connectivity index (χ4n) is 6.00. The predicted molar refractivity (Wildman–Crippen MR) is 164 cm³/mol. The van der Waals surface area contributed by atoms with E-state index in [-0.39, 0.29) is 36.3 Å². The van der Waals surface area contributed by atoms with Crippen molar-refractivity contribution in [2.24, 2.45) is 5.92 Å². The van der Waals surface area contributed by atoms with Gasteiger partial charge in [-0.15, -0.1) is 0 Å². The number of carbonyl (C=O) groups excluding carboxylic acids is 1. The lowest BCUT2D eigenvalue weighted by molar-refractivity contribution is -0.139. The number of ether oxygens (including phenoxy) is 1. The number of hydrogen-bond donors (Lipinski definition) is 2. The summed E-state index contributed by atoms with van der Waals surface area (Å²) in [4.78, 5) is 26.3. The quantitative estimate of drug-likeness (QED) is 0.281. The van der Waals surface area contributed by atoms with Crippen LogP contribution >= 0.6 is 11.6 Å². The molecule has 0 radical (unpaired) electrons. The first-order valence-electron chi connectivity index (χ1n) is 14.9. The van der Waals surface area contributed by atoms with Gasteiger partial charge >= 0.3 is 12.1 Å². The molecule has 2 aromatic carbocycles. The van der Waals surface area contributed by atoms with Gasteiger partial charge in [0.2, 0.25) is 10.0 Å². The van der Waals surface area contributed by atoms with Crippen LogP contribution in [-0.4, -0.2) is 62.2 Å². The molecule has 1 amide bonds. The number of nitrogens with one attached hydrogen (secondary N) is 1. The van der Waals surface area contributed by atoms with Gasteiger partial charge in [0.1, 0.15) is 10.9 Å². The molecule has 0 aromatic heterocycles. The number of carboxylic acid groups (broad SMARTS) is 1. The minimum absolute atomic E-state index is 0.0148. The summed E-state index contributed by atoms with van der Waals surface area (Å²) in [5, 5.41) is 12.5. The van der Waals surface area contributed by atoms with Crippen LogP contribution in [0.2, 0.25) is 5.02 Å². The van der Waals surface area contributed by atoms with Gasteiger partial charge in [-0.3, -0.25) is 0 Å². The van der Waals surface area contributed by atoms with Crippen molar-refractivity contribution in [1.29, 1.82) is 0 Å². The Bertz CT molecular complexity index is 1330. The smallest absolute Gasteiger partial charge is 0.407 e. The third-order valence-electron chi connectivity index (χ3n) is 8.45. The maximum atomic E-state index is 14.1. The molecule has 0 unspecified atom stereocenters. The molecule has 0 bridgehead atoms. The van der Waals surface area contributed by atoms with E-state index in [2.05, 4.69) is 5.32 Å². The molecule has 4 rings (SSSR count). The molecule has 230 valence electrons. The van der Waals surface area contributed by atoms with Gasteiger partial charge in [-0.05, 0) is 67.9 Å². The van der Waals surface area contributed by atoms with Gasteiger partial charge in [-0.25, -0.2) is 18.0 Å². The molecule has 11 heteroatoms. The number of fused-ring (bicyclic) bond motifs is 1. The molecule has 1 aliphatic carbocycles. The van der Waals surface area contributed by atoms with E-state index in [1.165, 1.54) is 10.7 Å². The number of alkyl carbamates (subject to hydrolysis) is 1. The predicted octanol–water partition coefficient (Wildman–Crippen LogP) is 6.36. The van der Waals surface area contributed by atoms with E-state index in [1.54, 1.807) is 19.2 Å². The minimum atomic E-state index is -3.90. The van der Waals surface area contributed by atoms with Crippen LogP contribution in [-0.2, 0) is 26.0 Å². The fraction of sp³-hybridized carbons (Fsp3) is 0.548. The second kappa shape index (κ2) is 14.6. The summed E-state index contributed by atoms with van der Waals surface area (Å²) in [6.45, 7) is 2.75. The van der Waals surface area contributed by atoms with Crippen molar-refractivity contribution in [1.82, 2.24) is 9.62 Å². The Morgan fingerprint density at radius 1 is 1.12 bits per heavy atom. The zero-order chi connectivity index (χ0) is 30.3. The molecule has 2 N–H and O–H groups in total. The molecule has 2 aromatic rings. The van der Waals surface area contributed by atoms with Crippen LogP contribution < -0.4 is 10.2 Å². The Morgan fingerprint density at radius 2 is 1.83 bits per heavy atom. The fourth-order valence-corrected chi connectivity index (χ4v) is 7.89. The molecule has 42 heavy (non-hydrogen) atoms. The number of rotatable bonds is 11. The van der Waals surface area contributed by atoms with E-state index in [9.17, 15) is 23.1 Å². The zero-order valence-corrected chi connectivity index (χ0v) is 26.0. The summed E-state index contributed by atoms with van der Waals surface area (Å²) in [6.07, 6.45) is 7.29. The molecule has 1 saturated carbocycles. The number of likely N-dealkylation sites (N-methyl/N-ethyl adjacent to an activating group) is 1. The van der Waals surface area contributed by atoms with Gasteiger partial charge in [0.15, 0.2) is 0 Å². The lowest BCUT2D eigenvalue weighted by atomic mass is 9.83. The number of nitrogens with zero attached hydrogens (tertiary/aromatic N) is 2.